The molecule has 0 atom stereocenters. The number of aromatic nitrogens is 2. The third-order valence-electron chi connectivity index (χ3n) is 3.32. The van der Waals surface area contributed by atoms with Crippen molar-refractivity contribution in [1.82, 2.24) is 9.66 Å². The summed E-state index contributed by atoms with van der Waals surface area (Å²) in [7, 11) is 0. The predicted octanol–water partition coefficient (Wildman–Crippen LogP) is 3.59. The molecule has 0 radical (unpaired) electrons. The summed E-state index contributed by atoms with van der Waals surface area (Å²) < 4.78 is 1.82. The van der Waals surface area contributed by atoms with Gasteiger partial charge in [-0.25, -0.2) is 9.66 Å². The molecule has 21 heavy (non-hydrogen) atoms. The lowest BCUT2D eigenvalue weighted by Crippen LogP contribution is -2.27. The zero-order valence-electron chi connectivity index (χ0n) is 11.9. The van der Waals surface area contributed by atoms with E-state index in [1.54, 1.807) is 6.33 Å². The molecule has 0 unspecified atom stereocenters. The summed E-state index contributed by atoms with van der Waals surface area (Å²) in [6, 6.07) is 14.1. The Morgan fingerprint density at radius 1 is 1.14 bits per heavy atom. The number of aryl methyl sites for hydroxylation is 2. The van der Waals surface area contributed by atoms with Gasteiger partial charge in [0.05, 0.1) is 11.0 Å². The van der Waals surface area contributed by atoms with Crippen LogP contribution in [0.15, 0.2) is 48.8 Å². The van der Waals surface area contributed by atoms with Crippen molar-refractivity contribution in [3.8, 4) is 0 Å². The van der Waals surface area contributed by atoms with Crippen LogP contribution in [0, 0.1) is 13.8 Å². The lowest BCUT2D eigenvalue weighted by molar-refractivity contribution is 1.01. The molecular weight excluding hydrogens is 280 g/mol. The summed E-state index contributed by atoms with van der Waals surface area (Å²) in [6.07, 6.45) is 1.72. The Kier molecular flexibility index (Phi) is 3.58. The molecule has 1 heterocycles. The van der Waals surface area contributed by atoms with E-state index in [1.807, 2.05) is 28.9 Å². The van der Waals surface area contributed by atoms with E-state index >= 15 is 0 Å². The molecular formula is C16H16N4S. The molecule has 0 aliphatic rings. The van der Waals surface area contributed by atoms with Gasteiger partial charge >= 0.3 is 0 Å². The number of hydrogen-bond acceptors (Lipinski definition) is 2. The number of benzene rings is 2. The molecule has 3 rings (SSSR count). The lowest BCUT2D eigenvalue weighted by Gasteiger charge is -2.14. The number of anilines is 1. The molecule has 0 aliphatic carbocycles. The third kappa shape index (κ3) is 2.87. The Morgan fingerprint density at radius 3 is 2.81 bits per heavy atom. The second-order valence-electron chi connectivity index (χ2n) is 4.99. The third-order valence-corrected chi connectivity index (χ3v) is 3.51. The van der Waals surface area contributed by atoms with Crippen molar-refractivity contribution in [2.24, 2.45) is 0 Å². The second kappa shape index (κ2) is 5.54. The number of nitrogens with zero attached hydrogens (tertiary/aromatic N) is 2. The Labute approximate surface area is 128 Å². The van der Waals surface area contributed by atoms with E-state index in [9.17, 15) is 0 Å². The van der Waals surface area contributed by atoms with Gasteiger partial charge in [-0.15, -0.1) is 0 Å². The zero-order valence-corrected chi connectivity index (χ0v) is 12.7. The van der Waals surface area contributed by atoms with E-state index < -0.39 is 0 Å². The first-order chi connectivity index (χ1) is 10.1. The van der Waals surface area contributed by atoms with Gasteiger partial charge in [0.15, 0.2) is 5.11 Å². The molecule has 0 aliphatic heterocycles. The molecule has 106 valence electrons. The van der Waals surface area contributed by atoms with E-state index in [0.717, 1.165) is 22.3 Å². The van der Waals surface area contributed by atoms with Crippen molar-refractivity contribution in [2.75, 3.05) is 10.7 Å². The van der Waals surface area contributed by atoms with Crippen LogP contribution in [0.5, 0.6) is 0 Å². The van der Waals surface area contributed by atoms with E-state index in [-0.39, 0.29) is 0 Å². The van der Waals surface area contributed by atoms with Gasteiger partial charge in [0, 0.05) is 5.69 Å². The highest BCUT2D eigenvalue weighted by Crippen LogP contribution is 2.16. The molecule has 0 bridgehead atoms. The van der Waals surface area contributed by atoms with E-state index in [2.05, 4.69) is 47.8 Å². The normalized spacial score (nSPS) is 10.6. The van der Waals surface area contributed by atoms with Gasteiger partial charge in [0.25, 0.3) is 0 Å². The number of thiocarbonyl (C=S) groups is 1. The molecule has 0 saturated heterocycles. The van der Waals surface area contributed by atoms with Crippen molar-refractivity contribution in [3.63, 3.8) is 0 Å². The summed E-state index contributed by atoms with van der Waals surface area (Å²) in [6.45, 7) is 4.11. The maximum atomic E-state index is 5.38. The highest BCUT2D eigenvalue weighted by molar-refractivity contribution is 7.80. The van der Waals surface area contributed by atoms with Crippen molar-refractivity contribution in [2.45, 2.75) is 13.8 Å². The van der Waals surface area contributed by atoms with Crippen LogP contribution in [0.3, 0.4) is 0 Å². The topological polar surface area (TPSA) is 41.9 Å². The van der Waals surface area contributed by atoms with Gasteiger partial charge in [-0.3, -0.25) is 5.43 Å². The standard InChI is InChI=1S/C16H16N4S/c1-11-7-8-12(2)14(9-11)18-16(21)19-20-10-17-13-5-3-4-6-15(13)20/h3-10H,1-2H3,(H2,18,19,21). The zero-order chi connectivity index (χ0) is 14.8. The van der Waals surface area contributed by atoms with Gasteiger partial charge in [-0.2, -0.15) is 0 Å². The second-order valence-corrected chi connectivity index (χ2v) is 5.40. The number of imidazole rings is 1. The molecule has 2 N–H and O–H groups in total. The first-order valence-corrected chi connectivity index (χ1v) is 7.11. The minimum absolute atomic E-state index is 0.534. The summed E-state index contributed by atoms with van der Waals surface area (Å²) in [5, 5.41) is 3.76. The van der Waals surface area contributed by atoms with Gasteiger partial charge < -0.3 is 5.32 Å². The highest BCUT2D eigenvalue weighted by atomic mass is 32.1. The molecule has 0 fully saturated rings. The summed E-state index contributed by atoms with van der Waals surface area (Å²) in [4.78, 5) is 4.32. The minimum Gasteiger partial charge on any atom is -0.331 e. The van der Waals surface area contributed by atoms with Crippen LogP contribution in [0.1, 0.15) is 11.1 Å². The molecule has 0 spiro atoms. The summed E-state index contributed by atoms with van der Waals surface area (Å²) in [5.74, 6) is 0. The van der Waals surface area contributed by atoms with Crippen LogP contribution in [-0.2, 0) is 0 Å². The van der Waals surface area contributed by atoms with Crippen molar-refractivity contribution in [3.05, 3.63) is 59.9 Å². The smallest absolute Gasteiger partial charge is 0.190 e. The van der Waals surface area contributed by atoms with Crippen LogP contribution in [0.4, 0.5) is 5.69 Å². The molecule has 2 aromatic carbocycles. The van der Waals surface area contributed by atoms with E-state index in [0.29, 0.717) is 5.11 Å². The van der Waals surface area contributed by atoms with Gasteiger partial charge in [-0.05, 0) is 55.4 Å². The number of para-hydroxylation sites is 2. The SMILES string of the molecule is Cc1ccc(C)c(NC(=S)Nn2cnc3ccccc32)c1. The quantitative estimate of drug-likeness (QED) is 0.709. The van der Waals surface area contributed by atoms with Gasteiger partial charge in [0.2, 0.25) is 0 Å². The maximum Gasteiger partial charge on any atom is 0.190 e. The highest BCUT2D eigenvalue weighted by Gasteiger charge is 2.05. The first kappa shape index (κ1) is 13.6. The van der Waals surface area contributed by atoms with Crippen molar-refractivity contribution < 1.29 is 0 Å². The Balaban J connectivity index is 1.79. The Hall–Kier alpha value is -2.40. The van der Waals surface area contributed by atoms with Crippen LogP contribution < -0.4 is 10.7 Å². The largest absolute Gasteiger partial charge is 0.331 e. The van der Waals surface area contributed by atoms with Crippen molar-refractivity contribution in [1.29, 1.82) is 0 Å². The molecule has 0 amide bonds. The first-order valence-electron chi connectivity index (χ1n) is 6.71. The van der Waals surface area contributed by atoms with Crippen LogP contribution in [-0.4, -0.2) is 14.8 Å². The Morgan fingerprint density at radius 2 is 1.95 bits per heavy atom. The predicted molar refractivity (Wildman–Crippen MR) is 91.2 cm³/mol. The summed E-state index contributed by atoms with van der Waals surface area (Å²) >= 11 is 5.38. The number of fused-ring (bicyclic) bond motifs is 1. The van der Waals surface area contributed by atoms with Crippen molar-refractivity contribution >= 4 is 34.1 Å². The van der Waals surface area contributed by atoms with Crippen LogP contribution >= 0.6 is 12.2 Å². The lowest BCUT2D eigenvalue weighted by atomic mass is 10.1. The van der Waals surface area contributed by atoms with E-state index in [4.69, 9.17) is 12.2 Å². The number of nitrogens with one attached hydrogen (secondary N) is 2. The fourth-order valence-electron chi connectivity index (χ4n) is 2.18. The van der Waals surface area contributed by atoms with Crippen LogP contribution in [0.25, 0.3) is 11.0 Å². The maximum absolute atomic E-state index is 5.38. The monoisotopic (exact) mass is 296 g/mol. The average Bonchev–Trinajstić information content (AvgIpc) is 2.86. The fourth-order valence-corrected chi connectivity index (χ4v) is 2.39. The fraction of sp³-hybridized carbons (Fsp3) is 0.125. The molecule has 3 aromatic rings. The minimum atomic E-state index is 0.534. The Bertz CT molecular complexity index is 807. The molecule has 1 aromatic heterocycles. The molecule has 4 nitrogen and oxygen atoms in total. The van der Waals surface area contributed by atoms with E-state index in [1.165, 1.54) is 5.56 Å². The molecule has 5 heteroatoms. The van der Waals surface area contributed by atoms with Crippen LogP contribution in [0.2, 0.25) is 0 Å². The number of rotatable bonds is 2. The van der Waals surface area contributed by atoms with Gasteiger partial charge in [0.1, 0.15) is 6.33 Å². The average molecular weight is 296 g/mol. The molecule has 0 saturated carbocycles. The number of hydrogen-bond donors (Lipinski definition) is 2. The summed E-state index contributed by atoms with van der Waals surface area (Å²) in [5.41, 5.74) is 8.41. The van der Waals surface area contributed by atoms with Gasteiger partial charge in [-0.1, -0.05) is 24.3 Å².